The molecule has 0 spiro atoms. The summed E-state index contributed by atoms with van der Waals surface area (Å²) in [6.45, 7) is 12.5. The van der Waals surface area contributed by atoms with Crippen LogP contribution in [0.4, 0.5) is 0 Å². The van der Waals surface area contributed by atoms with E-state index in [1.54, 1.807) is 0 Å². The fourth-order valence-electron chi connectivity index (χ4n) is 4.01. The monoisotopic (exact) mass is 232 g/mol. The Hall–Kier alpha value is -0.810. The normalized spacial score (nSPS) is 40.1. The van der Waals surface area contributed by atoms with Crippen LogP contribution in [0.25, 0.3) is 0 Å². The van der Waals surface area contributed by atoms with Crippen molar-refractivity contribution < 1.29 is 4.79 Å². The van der Waals surface area contributed by atoms with Crippen LogP contribution in [0, 0.1) is 35.0 Å². The minimum atomic E-state index is 0.267. The average molecular weight is 232 g/mol. The van der Waals surface area contributed by atoms with Crippen molar-refractivity contribution in [3.63, 3.8) is 0 Å². The van der Waals surface area contributed by atoms with Gasteiger partial charge >= 0.3 is 0 Å². The highest BCUT2D eigenvalue weighted by atomic mass is 16.1. The van der Waals surface area contributed by atoms with Gasteiger partial charge in [0, 0.05) is 11.8 Å². The molecule has 2 aliphatic rings. The summed E-state index contributed by atoms with van der Waals surface area (Å²) in [7, 11) is 0. The fourth-order valence-corrected chi connectivity index (χ4v) is 4.01. The van der Waals surface area contributed by atoms with Gasteiger partial charge in [0.15, 0.2) is 0 Å². The maximum absolute atomic E-state index is 12.3. The second kappa shape index (κ2) is 4.14. The lowest BCUT2D eigenvalue weighted by Crippen LogP contribution is -2.30. The summed E-state index contributed by atoms with van der Waals surface area (Å²) in [5.74, 6) is 2.87. The number of ketones is 1. The second-order valence-corrected chi connectivity index (χ2v) is 6.68. The van der Waals surface area contributed by atoms with Gasteiger partial charge in [-0.05, 0) is 42.1 Å². The highest BCUT2D eigenvalue weighted by molar-refractivity contribution is 5.85. The van der Waals surface area contributed by atoms with E-state index in [0.29, 0.717) is 23.0 Å². The lowest BCUT2D eigenvalue weighted by atomic mass is 9.77. The predicted molar refractivity (Wildman–Crippen MR) is 70.5 cm³/mol. The van der Waals surface area contributed by atoms with E-state index in [9.17, 15) is 4.79 Å². The zero-order chi connectivity index (χ0) is 12.8. The van der Waals surface area contributed by atoms with Crippen molar-refractivity contribution in [3.05, 3.63) is 18.4 Å². The van der Waals surface area contributed by atoms with Gasteiger partial charge in [0.1, 0.15) is 5.78 Å². The highest BCUT2D eigenvalue weighted by Gasteiger charge is 2.64. The topological polar surface area (TPSA) is 17.1 Å². The van der Waals surface area contributed by atoms with E-state index in [4.69, 9.17) is 0 Å². The molecule has 0 aliphatic heterocycles. The first-order valence-corrected chi connectivity index (χ1v) is 6.79. The van der Waals surface area contributed by atoms with Crippen molar-refractivity contribution in [1.29, 1.82) is 0 Å². The molecule has 0 aromatic carbocycles. The summed E-state index contributed by atoms with van der Waals surface area (Å²) in [6, 6.07) is 0. The van der Waals surface area contributed by atoms with Crippen LogP contribution in [0.5, 0.6) is 0 Å². The minimum Gasteiger partial charge on any atom is -0.299 e. The molecule has 1 heteroatoms. The molecule has 1 unspecified atom stereocenters. The molecule has 0 heterocycles. The van der Waals surface area contributed by atoms with Crippen LogP contribution >= 0.6 is 0 Å². The average Bonchev–Trinajstić information content (AvgIpc) is 2.76. The quantitative estimate of drug-likeness (QED) is 0.675. The number of hydrogen-bond acceptors (Lipinski definition) is 1. The molecule has 0 radical (unpaired) electrons. The maximum atomic E-state index is 12.3. The number of hydrogen-bond donors (Lipinski definition) is 0. The van der Waals surface area contributed by atoms with E-state index in [-0.39, 0.29) is 11.8 Å². The summed E-state index contributed by atoms with van der Waals surface area (Å²) >= 11 is 0. The molecule has 2 aliphatic carbocycles. The zero-order valence-electron chi connectivity index (χ0n) is 11.5. The van der Waals surface area contributed by atoms with Gasteiger partial charge in [0.25, 0.3) is 0 Å². The minimum absolute atomic E-state index is 0.267. The van der Waals surface area contributed by atoms with Gasteiger partial charge in [-0.25, -0.2) is 0 Å². The Bertz CT molecular complexity index is 373. The summed E-state index contributed by atoms with van der Waals surface area (Å²) in [6.07, 6.45) is 4.09. The molecule has 0 amide bonds. The van der Waals surface area contributed by atoms with Crippen molar-refractivity contribution in [1.82, 2.24) is 0 Å². The van der Waals surface area contributed by atoms with E-state index in [2.05, 4.69) is 40.0 Å². The third-order valence-corrected chi connectivity index (χ3v) is 5.06. The Kier molecular flexibility index (Phi) is 3.08. The molecule has 1 nitrogen and oxygen atoms in total. The SMILES string of the molecule is C=C=C[C@@H](C)CC1C(=O)[C@H](C)C[C@@H]2[C@H]1C2(C)C. The van der Waals surface area contributed by atoms with E-state index in [1.165, 1.54) is 0 Å². The van der Waals surface area contributed by atoms with E-state index >= 15 is 0 Å². The van der Waals surface area contributed by atoms with Gasteiger partial charge in [0.05, 0.1) is 0 Å². The van der Waals surface area contributed by atoms with Gasteiger partial charge < -0.3 is 0 Å². The van der Waals surface area contributed by atoms with Crippen LogP contribution in [0.2, 0.25) is 0 Å². The number of carbonyl (C=O) groups excluding carboxylic acids is 1. The van der Waals surface area contributed by atoms with Gasteiger partial charge in [0.2, 0.25) is 0 Å². The lowest BCUT2D eigenvalue weighted by molar-refractivity contribution is -0.129. The highest BCUT2D eigenvalue weighted by Crippen LogP contribution is 2.67. The Morgan fingerprint density at radius 3 is 2.82 bits per heavy atom. The van der Waals surface area contributed by atoms with Crippen molar-refractivity contribution in [2.75, 3.05) is 0 Å². The molecular weight excluding hydrogens is 208 g/mol. The molecule has 0 saturated heterocycles. The molecule has 0 aromatic heterocycles. The Balaban J connectivity index is 2.13. The Morgan fingerprint density at radius 2 is 2.24 bits per heavy atom. The van der Waals surface area contributed by atoms with Crippen LogP contribution in [0.1, 0.15) is 40.5 Å². The van der Waals surface area contributed by atoms with Crippen LogP contribution in [0.3, 0.4) is 0 Å². The first kappa shape index (κ1) is 12.6. The van der Waals surface area contributed by atoms with Gasteiger partial charge in [-0.15, -0.1) is 5.73 Å². The van der Waals surface area contributed by atoms with Crippen molar-refractivity contribution in [3.8, 4) is 0 Å². The second-order valence-electron chi connectivity index (χ2n) is 6.68. The molecule has 94 valence electrons. The molecule has 17 heavy (non-hydrogen) atoms. The zero-order valence-corrected chi connectivity index (χ0v) is 11.5. The van der Waals surface area contributed by atoms with Gasteiger partial charge in [-0.2, -0.15) is 0 Å². The summed E-state index contributed by atoms with van der Waals surface area (Å²) in [5, 5.41) is 0. The molecule has 0 bridgehead atoms. The summed E-state index contributed by atoms with van der Waals surface area (Å²) < 4.78 is 0. The first-order valence-electron chi connectivity index (χ1n) is 6.79. The fraction of sp³-hybridized carbons (Fsp3) is 0.750. The summed E-state index contributed by atoms with van der Waals surface area (Å²) in [4.78, 5) is 12.3. The van der Waals surface area contributed by atoms with E-state index in [0.717, 1.165) is 18.8 Å². The van der Waals surface area contributed by atoms with Crippen LogP contribution in [-0.4, -0.2) is 5.78 Å². The number of carbonyl (C=O) groups is 1. The summed E-state index contributed by atoms with van der Waals surface area (Å²) in [5.41, 5.74) is 3.24. The van der Waals surface area contributed by atoms with Gasteiger partial charge in [-0.1, -0.05) is 34.3 Å². The van der Waals surface area contributed by atoms with Gasteiger partial charge in [-0.3, -0.25) is 4.79 Å². The molecule has 0 N–H and O–H groups in total. The maximum Gasteiger partial charge on any atom is 0.139 e. The van der Waals surface area contributed by atoms with Crippen molar-refractivity contribution in [2.45, 2.75) is 40.5 Å². The molecule has 2 rings (SSSR count). The van der Waals surface area contributed by atoms with Crippen LogP contribution in [-0.2, 0) is 4.79 Å². The third-order valence-electron chi connectivity index (χ3n) is 5.06. The first-order chi connectivity index (χ1) is 7.89. The Labute approximate surface area is 105 Å². The van der Waals surface area contributed by atoms with Crippen LogP contribution in [0.15, 0.2) is 18.4 Å². The van der Waals surface area contributed by atoms with E-state index in [1.807, 2.05) is 6.08 Å². The molecule has 5 atom stereocenters. The standard InChI is InChI=1S/C16H24O/c1-6-7-10(2)8-12-14-13(16(14,4)5)9-11(3)15(12)17/h7,10-14H,1,8-9H2,2-5H3/t10-,11-,12?,13-,14+/m1/s1. The number of Topliss-reactive ketones (excluding diaryl/α,β-unsaturated/α-hetero) is 1. The molecule has 2 fully saturated rings. The smallest absolute Gasteiger partial charge is 0.139 e. The third kappa shape index (κ3) is 2.02. The molecule has 2 saturated carbocycles. The largest absolute Gasteiger partial charge is 0.299 e. The number of rotatable bonds is 3. The Morgan fingerprint density at radius 1 is 1.59 bits per heavy atom. The van der Waals surface area contributed by atoms with Crippen molar-refractivity contribution >= 4 is 5.78 Å². The lowest BCUT2D eigenvalue weighted by Gasteiger charge is -2.26. The van der Waals surface area contributed by atoms with Crippen LogP contribution < -0.4 is 0 Å². The predicted octanol–water partition coefficient (Wildman–Crippen LogP) is 3.85. The number of allylic oxidation sites excluding steroid dienone is 1. The molecule has 0 aromatic rings. The van der Waals surface area contributed by atoms with Crippen molar-refractivity contribution in [2.24, 2.45) is 35.0 Å². The molecular formula is C16H24O. The van der Waals surface area contributed by atoms with E-state index < -0.39 is 0 Å². The number of fused-ring (bicyclic) bond motifs is 1.